The summed E-state index contributed by atoms with van der Waals surface area (Å²) in [6, 6.07) is 3.65. The molecule has 0 aliphatic carbocycles. The van der Waals surface area contributed by atoms with Gasteiger partial charge in [0.2, 0.25) is 6.79 Å². The fourth-order valence-corrected chi connectivity index (χ4v) is 11.8. The third kappa shape index (κ3) is 5.02. The SMILES string of the molecule is COc1cc2c(cc1OC)[C@@]1(CS[C@@H]3c4c(OC(C)=O)c(C)c5c(c4[C@@H](COC1=O)N1C3[C@H]3c4c(cc(C)c(OC)c4O)C[C@@H]([C@@H]1O)N3C)OCO5)NCC2. The molecule has 10 rings (SSSR count). The average Bonchev–Trinajstić information content (AvgIpc) is 3.66. The largest absolute Gasteiger partial charge is 0.504 e. The number of piperazine rings is 1. The normalized spacial score (nSPS) is 29.1. The van der Waals surface area contributed by atoms with Gasteiger partial charge in [0.25, 0.3) is 0 Å². The number of esters is 2. The molecular weight excluding hydrogens is 731 g/mol. The van der Waals surface area contributed by atoms with Crippen molar-refractivity contribution in [2.24, 2.45) is 0 Å². The monoisotopic (exact) mass is 775 g/mol. The van der Waals surface area contributed by atoms with Gasteiger partial charge in [-0.15, -0.1) is 11.8 Å². The van der Waals surface area contributed by atoms with Crippen molar-refractivity contribution in [3.63, 3.8) is 0 Å². The number of carbonyl (C=O) groups excluding carboxylic acids is 2. The van der Waals surface area contributed by atoms with Gasteiger partial charge in [0.05, 0.1) is 44.7 Å². The van der Waals surface area contributed by atoms with E-state index >= 15 is 0 Å². The first-order chi connectivity index (χ1) is 26.4. The number of aliphatic hydroxyl groups excluding tert-OH is 1. The van der Waals surface area contributed by atoms with Crippen LogP contribution in [0.2, 0.25) is 0 Å². The molecule has 292 valence electrons. The van der Waals surface area contributed by atoms with E-state index in [4.69, 9.17) is 33.2 Å². The molecule has 7 heterocycles. The molecule has 0 saturated carbocycles. The summed E-state index contributed by atoms with van der Waals surface area (Å²) in [6.07, 6.45) is 0.0818. The van der Waals surface area contributed by atoms with E-state index in [0.29, 0.717) is 76.1 Å². The van der Waals surface area contributed by atoms with Crippen molar-refractivity contribution in [1.82, 2.24) is 15.1 Å². The van der Waals surface area contributed by atoms with Crippen LogP contribution in [-0.4, -0.2) is 104 Å². The maximum Gasteiger partial charge on any atom is 0.331 e. The maximum absolute atomic E-state index is 14.8. The second-order valence-electron chi connectivity index (χ2n) is 15.1. The standard InChI is InChI=1S/C40H45N3O11S/c1-17-10-21-11-23-38(46)43-24-14-51-39(47)40(22-13-26(49-6)25(48-5)12-20(22)8-9-41-40)15-55-37(31(43)30(42(23)4)27(21)32(45)33(17)50-7)29-28(24)36-35(52-16-53-36)18(2)34(29)54-19(3)44/h10,12-13,23-24,30-31,37-38,41,45-46H,8-9,11,14-16H2,1-7H3/t23-,24+,30+,31?,37+,38-,40+/m0/s1. The Hall–Kier alpha value is -4.41. The van der Waals surface area contributed by atoms with E-state index in [1.165, 1.54) is 18.7 Å². The van der Waals surface area contributed by atoms with Crippen LogP contribution in [0.4, 0.5) is 0 Å². The number of carbonyl (C=O) groups is 2. The Labute approximate surface area is 322 Å². The lowest BCUT2D eigenvalue weighted by molar-refractivity contribution is -0.186. The zero-order chi connectivity index (χ0) is 38.7. The molecule has 15 heteroatoms. The van der Waals surface area contributed by atoms with Gasteiger partial charge in [0.1, 0.15) is 18.6 Å². The second kappa shape index (κ2) is 13.1. The highest BCUT2D eigenvalue weighted by Gasteiger charge is 2.61. The molecule has 7 aliphatic heterocycles. The number of benzene rings is 3. The Kier molecular flexibility index (Phi) is 8.62. The first kappa shape index (κ1) is 36.2. The number of hydrogen-bond acceptors (Lipinski definition) is 15. The highest BCUT2D eigenvalue weighted by molar-refractivity contribution is 7.99. The van der Waals surface area contributed by atoms with Crippen molar-refractivity contribution >= 4 is 23.7 Å². The van der Waals surface area contributed by atoms with E-state index in [1.54, 1.807) is 21.3 Å². The van der Waals surface area contributed by atoms with Crippen molar-refractivity contribution < 1.29 is 53.0 Å². The van der Waals surface area contributed by atoms with Crippen molar-refractivity contribution in [3.05, 3.63) is 62.7 Å². The number of ether oxygens (including phenoxy) is 7. The van der Waals surface area contributed by atoms with Crippen LogP contribution in [0.5, 0.6) is 40.2 Å². The molecule has 1 spiro atoms. The summed E-state index contributed by atoms with van der Waals surface area (Å²) in [5.74, 6) is 1.97. The van der Waals surface area contributed by atoms with E-state index in [9.17, 15) is 19.8 Å². The molecule has 4 bridgehead atoms. The number of likely N-dealkylation sites (N-methyl/N-ethyl adjacent to an activating group) is 1. The van der Waals surface area contributed by atoms with Crippen LogP contribution in [0.25, 0.3) is 0 Å². The molecule has 2 saturated heterocycles. The summed E-state index contributed by atoms with van der Waals surface area (Å²) in [7, 11) is 6.66. The molecule has 2 fully saturated rings. The van der Waals surface area contributed by atoms with Crippen LogP contribution in [0, 0.1) is 13.8 Å². The third-order valence-corrected chi connectivity index (χ3v) is 13.9. The summed E-state index contributed by atoms with van der Waals surface area (Å²) in [4.78, 5) is 31.9. The lowest BCUT2D eigenvalue weighted by Crippen LogP contribution is -2.70. The van der Waals surface area contributed by atoms with Gasteiger partial charge in [-0.2, -0.15) is 0 Å². The van der Waals surface area contributed by atoms with E-state index in [2.05, 4.69) is 10.2 Å². The Morgan fingerprint density at radius 1 is 0.982 bits per heavy atom. The van der Waals surface area contributed by atoms with Crippen molar-refractivity contribution in [2.45, 2.75) is 74.8 Å². The molecule has 7 atom stereocenters. The van der Waals surface area contributed by atoms with E-state index in [0.717, 1.165) is 22.3 Å². The highest BCUT2D eigenvalue weighted by Crippen LogP contribution is 2.64. The molecule has 0 aromatic heterocycles. The Balaban J connectivity index is 1.31. The quantitative estimate of drug-likeness (QED) is 0.260. The van der Waals surface area contributed by atoms with Crippen LogP contribution >= 0.6 is 11.8 Å². The number of nitrogens with zero attached hydrogens (tertiary/aromatic N) is 2. The van der Waals surface area contributed by atoms with E-state index in [1.807, 2.05) is 44.0 Å². The summed E-state index contributed by atoms with van der Waals surface area (Å²) in [5.41, 5.74) is 4.74. The molecule has 7 aliphatic rings. The number of hydrogen-bond donors (Lipinski definition) is 3. The number of aromatic hydroxyl groups is 1. The maximum atomic E-state index is 14.8. The number of phenolic OH excluding ortho intramolecular Hbond substituents is 1. The molecule has 1 unspecified atom stereocenters. The fourth-order valence-electron chi connectivity index (χ4n) is 10.1. The third-order valence-electron chi connectivity index (χ3n) is 12.5. The van der Waals surface area contributed by atoms with Crippen LogP contribution in [0.3, 0.4) is 0 Å². The first-order valence-corrected chi connectivity index (χ1v) is 19.5. The second-order valence-corrected chi connectivity index (χ2v) is 16.2. The molecular formula is C40H45N3O11S. The Bertz CT molecular complexity index is 2150. The van der Waals surface area contributed by atoms with Gasteiger partial charge in [-0.25, -0.2) is 4.79 Å². The minimum atomic E-state index is -1.30. The van der Waals surface area contributed by atoms with E-state index in [-0.39, 0.29) is 30.9 Å². The van der Waals surface area contributed by atoms with E-state index < -0.39 is 47.1 Å². The van der Waals surface area contributed by atoms with Crippen LogP contribution in [0.1, 0.15) is 68.8 Å². The Morgan fingerprint density at radius 2 is 1.73 bits per heavy atom. The molecule has 3 aromatic carbocycles. The molecule has 3 N–H and O–H groups in total. The van der Waals surface area contributed by atoms with Crippen LogP contribution < -0.4 is 33.7 Å². The number of thioether (sulfide) groups is 1. The number of fused-ring (bicyclic) bond motifs is 9. The molecule has 0 radical (unpaired) electrons. The predicted molar refractivity (Wildman–Crippen MR) is 199 cm³/mol. The molecule has 55 heavy (non-hydrogen) atoms. The van der Waals surface area contributed by atoms with Gasteiger partial charge in [-0.1, -0.05) is 6.07 Å². The van der Waals surface area contributed by atoms with Gasteiger partial charge in [0.15, 0.2) is 40.0 Å². The smallest absolute Gasteiger partial charge is 0.331 e. The van der Waals surface area contributed by atoms with Crippen molar-refractivity contribution in [3.8, 4) is 40.2 Å². The summed E-state index contributed by atoms with van der Waals surface area (Å²) < 4.78 is 41.9. The zero-order valence-electron chi connectivity index (χ0n) is 31.8. The van der Waals surface area contributed by atoms with Crippen molar-refractivity contribution in [2.75, 3.05) is 54.1 Å². The highest BCUT2D eigenvalue weighted by atomic mass is 32.2. The van der Waals surface area contributed by atoms with Crippen molar-refractivity contribution in [1.29, 1.82) is 0 Å². The zero-order valence-corrected chi connectivity index (χ0v) is 32.6. The minimum absolute atomic E-state index is 0.0497. The molecule has 14 nitrogen and oxygen atoms in total. The number of nitrogens with one attached hydrogen (secondary N) is 1. The van der Waals surface area contributed by atoms with Gasteiger partial charge >= 0.3 is 11.9 Å². The first-order valence-electron chi connectivity index (χ1n) is 18.5. The predicted octanol–water partition coefficient (Wildman–Crippen LogP) is 3.72. The number of phenols is 1. The van der Waals surface area contributed by atoms with Crippen LogP contribution in [-0.2, 0) is 32.7 Å². The lowest BCUT2D eigenvalue weighted by atomic mass is 9.73. The number of aryl methyl sites for hydroxylation is 1. The summed E-state index contributed by atoms with van der Waals surface area (Å²) in [6.45, 7) is 5.39. The Morgan fingerprint density at radius 3 is 2.45 bits per heavy atom. The average molecular weight is 776 g/mol. The summed E-state index contributed by atoms with van der Waals surface area (Å²) in [5, 5.41) is 27.6. The minimum Gasteiger partial charge on any atom is -0.504 e. The summed E-state index contributed by atoms with van der Waals surface area (Å²) >= 11 is 1.50. The van der Waals surface area contributed by atoms with Gasteiger partial charge in [0, 0.05) is 47.5 Å². The van der Waals surface area contributed by atoms with Crippen LogP contribution in [0.15, 0.2) is 18.2 Å². The number of rotatable bonds is 4. The van der Waals surface area contributed by atoms with Gasteiger partial charge in [-0.3, -0.25) is 19.9 Å². The fraction of sp³-hybridized carbons (Fsp3) is 0.500. The lowest BCUT2D eigenvalue weighted by Gasteiger charge is -2.62. The van der Waals surface area contributed by atoms with Gasteiger partial charge in [-0.05, 0) is 68.1 Å². The van der Waals surface area contributed by atoms with Gasteiger partial charge < -0.3 is 43.4 Å². The molecule has 0 amide bonds. The number of methoxy groups -OCH3 is 3. The topological polar surface area (TPSA) is 158 Å². The number of aliphatic hydroxyl groups is 1. The molecule has 3 aromatic rings.